The van der Waals surface area contributed by atoms with Gasteiger partial charge in [-0.15, -0.1) is 0 Å². The second-order valence-corrected chi connectivity index (χ2v) is 6.33. The summed E-state index contributed by atoms with van der Waals surface area (Å²) < 4.78 is 0.0108. The minimum absolute atomic E-state index is 0.0108. The molecule has 0 radical (unpaired) electrons. The number of anilines is 1. The van der Waals surface area contributed by atoms with E-state index >= 15 is 0 Å². The summed E-state index contributed by atoms with van der Waals surface area (Å²) in [6, 6.07) is 4.88. The number of hydrogen-bond acceptors (Lipinski definition) is 3. The molecular weight excluding hydrogens is 256 g/mol. The number of amides is 1. The smallest absolute Gasteiger partial charge is 0.253 e. The molecule has 0 aliphatic rings. The third-order valence-electron chi connectivity index (χ3n) is 2.49. The van der Waals surface area contributed by atoms with Crippen molar-refractivity contribution in [1.29, 1.82) is 0 Å². The van der Waals surface area contributed by atoms with E-state index in [9.17, 15) is 4.79 Å². The van der Waals surface area contributed by atoms with E-state index < -0.39 is 0 Å². The zero-order valence-corrected chi connectivity index (χ0v) is 11.8. The SMILES string of the molecule is CSC(C)(C)CNC(=O)c1ccc(Cl)cc1N. The molecule has 3 nitrogen and oxygen atoms in total. The standard InChI is InChI=1S/C12H17ClN2OS/c1-12(2,17-3)7-15-11(16)9-5-4-8(13)6-10(9)14/h4-6H,7,14H2,1-3H3,(H,15,16). The molecule has 0 heterocycles. The molecule has 0 saturated heterocycles. The van der Waals surface area contributed by atoms with Crippen LogP contribution in [0.4, 0.5) is 5.69 Å². The molecule has 1 aromatic rings. The van der Waals surface area contributed by atoms with Crippen LogP contribution in [0.1, 0.15) is 24.2 Å². The van der Waals surface area contributed by atoms with E-state index in [1.165, 1.54) is 0 Å². The first-order valence-corrected chi connectivity index (χ1v) is 6.84. The van der Waals surface area contributed by atoms with Gasteiger partial charge < -0.3 is 11.1 Å². The first-order chi connectivity index (χ1) is 7.85. The molecule has 0 fully saturated rings. The number of rotatable bonds is 4. The van der Waals surface area contributed by atoms with Crippen LogP contribution in [-0.4, -0.2) is 23.5 Å². The number of carbonyl (C=O) groups excluding carboxylic acids is 1. The van der Waals surface area contributed by atoms with Gasteiger partial charge in [0, 0.05) is 22.0 Å². The lowest BCUT2D eigenvalue weighted by molar-refractivity contribution is 0.0951. The number of thioether (sulfide) groups is 1. The van der Waals surface area contributed by atoms with Gasteiger partial charge in [-0.1, -0.05) is 11.6 Å². The van der Waals surface area contributed by atoms with Gasteiger partial charge in [0.1, 0.15) is 0 Å². The highest BCUT2D eigenvalue weighted by Gasteiger charge is 2.18. The van der Waals surface area contributed by atoms with Gasteiger partial charge in [-0.25, -0.2) is 0 Å². The van der Waals surface area contributed by atoms with Gasteiger partial charge in [-0.3, -0.25) is 4.79 Å². The van der Waals surface area contributed by atoms with Gasteiger partial charge >= 0.3 is 0 Å². The number of nitrogens with one attached hydrogen (secondary N) is 1. The first-order valence-electron chi connectivity index (χ1n) is 5.24. The van der Waals surface area contributed by atoms with Gasteiger partial charge in [0.15, 0.2) is 0 Å². The maximum atomic E-state index is 11.9. The van der Waals surface area contributed by atoms with Crippen molar-refractivity contribution >= 4 is 35.0 Å². The summed E-state index contributed by atoms with van der Waals surface area (Å²) in [5.74, 6) is -0.165. The van der Waals surface area contributed by atoms with Crippen molar-refractivity contribution in [3.63, 3.8) is 0 Å². The summed E-state index contributed by atoms with van der Waals surface area (Å²) >= 11 is 7.48. The predicted molar refractivity (Wildman–Crippen MR) is 75.8 cm³/mol. The first kappa shape index (κ1) is 14.2. The fourth-order valence-corrected chi connectivity index (χ4v) is 1.60. The lowest BCUT2D eigenvalue weighted by atomic mass is 10.1. The van der Waals surface area contributed by atoms with Gasteiger partial charge in [0.05, 0.1) is 5.56 Å². The average Bonchev–Trinajstić information content (AvgIpc) is 2.26. The molecule has 0 atom stereocenters. The predicted octanol–water partition coefficient (Wildman–Crippen LogP) is 2.79. The van der Waals surface area contributed by atoms with Crippen LogP contribution < -0.4 is 11.1 Å². The Hall–Kier alpha value is -0.870. The third kappa shape index (κ3) is 4.13. The molecule has 5 heteroatoms. The van der Waals surface area contributed by atoms with Crippen molar-refractivity contribution in [3.8, 4) is 0 Å². The Kier molecular flexibility index (Phi) is 4.71. The molecule has 0 saturated carbocycles. The van der Waals surface area contributed by atoms with Gasteiger partial charge in [0.25, 0.3) is 5.91 Å². The summed E-state index contributed by atoms with van der Waals surface area (Å²) in [5, 5.41) is 3.40. The van der Waals surface area contributed by atoms with Gasteiger partial charge in [-0.2, -0.15) is 11.8 Å². The molecule has 1 amide bonds. The molecule has 0 aliphatic carbocycles. The van der Waals surface area contributed by atoms with Crippen LogP contribution in [0, 0.1) is 0 Å². The van der Waals surface area contributed by atoms with Gasteiger partial charge in [0.2, 0.25) is 0 Å². The van der Waals surface area contributed by atoms with Crippen LogP contribution in [0.15, 0.2) is 18.2 Å². The van der Waals surface area contributed by atoms with Crippen LogP contribution in [0.3, 0.4) is 0 Å². The Morgan fingerprint density at radius 3 is 2.71 bits per heavy atom. The topological polar surface area (TPSA) is 55.1 Å². The van der Waals surface area contributed by atoms with E-state index in [0.717, 1.165) is 0 Å². The van der Waals surface area contributed by atoms with Crippen molar-refractivity contribution in [2.24, 2.45) is 0 Å². The van der Waals surface area contributed by atoms with Crippen LogP contribution in [0.5, 0.6) is 0 Å². The molecular formula is C12H17ClN2OS. The highest BCUT2D eigenvalue weighted by Crippen LogP contribution is 2.21. The number of carbonyl (C=O) groups is 1. The van der Waals surface area contributed by atoms with Crippen molar-refractivity contribution in [1.82, 2.24) is 5.32 Å². The Balaban J connectivity index is 2.71. The Morgan fingerprint density at radius 1 is 1.53 bits per heavy atom. The highest BCUT2D eigenvalue weighted by molar-refractivity contribution is 7.99. The molecule has 0 aliphatic heterocycles. The molecule has 94 valence electrons. The monoisotopic (exact) mass is 272 g/mol. The van der Waals surface area contributed by atoms with Crippen molar-refractivity contribution in [2.75, 3.05) is 18.5 Å². The van der Waals surface area contributed by atoms with Crippen molar-refractivity contribution < 1.29 is 4.79 Å². The zero-order valence-electron chi connectivity index (χ0n) is 10.2. The number of hydrogen-bond donors (Lipinski definition) is 2. The number of halogens is 1. The molecule has 0 aromatic heterocycles. The van der Waals surface area contributed by atoms with Crippen molar-refractivity contribution in [3.05, 3.63) is 28.8 Å². The van der Waals surface area contributed by atoms with Crippen LogP contribution >= 0.6 is 23.4 Å². The molecule has 1 rings (SSSR count). The van der Waals surface area contributed by atoms with E-state index in [0.29, 0.717) is 22.8 Å². The molecule has 0 spiro atoms. The number of benzene rings is 1. The molecule has 3 N–H and O–H groups in total. The van der Waals surface area contributed by atoms with E-state index in [1.807, 2.05) is 6.26 Å². The molecule has 17 heavy (non-hydrogen) atoms. The quantitative estimate of drug-likeness (QED) is 0.829. The van der Waals surface area contributed by atoms with E-state index in [-0.39, 0.29) is 10.7 Å². The van der Waals surface area contributed by atoms with E-state index in [2.05, 4.69) is 19.2 Å². The second-order valence-electron chi connectivity index (χ2n) is 4.38. The van der Waals surface area contributed by atoms with Gasteiger partial charge in [-0.05, 0) is 38.3 Å². The Labute approximate surface area is 111 Å². The summed E-state index contributed by atoms with van der Waals surface area (Å²) in [4.78, 5) is 11.9. The molecule has 0 bridgehead atoms. The minimum Gasteiger partial charge on any atom is -0.398 e. The van der Waals surface area contributed by atoms with E-state index in [1.54, 1.807) is 30.0 Å². The lowest BCUT2D eigenvalue weighted by Gasteiger charge is -2.22. The molecule has 0 unspecified atom stereocenters. The normalized spacial score (nSPS) is 11.3. The zero-order chi connectivity index (χ0) is 13.1. The average molecular weight is 273 g/mol. The fourth-order valence-electron chi connectivity index (χ4n) is 1.20. The Bertz CT molecular complexity index is 421. The summed E-state index contributed by atoms with van der Waals surface area (Å²) in [6.45, 7) is 4.74. The van der Waals surface area contributed by atoms with Crippen LogP contribution in [0.25, 0.3) is 0 Å². The molecule has 1 aromatic carbocycles. The maximum Gasteiger partial charge on any atom is 0.253 e. The Morgan fingerprint density at radius 2 is 2.18 bits per heavy atom. The van der Waals surface area contributed by atoms with Crippen LogP contribution in [0.2, 0.25) is 5.02 Å². The summed E-state index contributed by atoms with van der Waals surface area (Å²) in [7, 11) is 0. The maximum absolute atomic E-state index is 11.9. The number of nitrogen functional groups attached to an aromatic ring is 1. The fraction of sp³-hybridized carbons (Fsp3) is 0.417. The highest BCUT2D eigenvalue weighted by atomic mass is 35.5. The lowest BCUT2D eigenvalue weighted by Crippen LogP contribution is -2.36. The minimum atomic E-state index is -0.165. The third-order valence-corrected chi connectivity index (χ3v) is 3.97. The summed E-state index contributed by atoms with van der Waals surface area (Å²) in [6.07, 6.45) is 2.02. The van der Waals surface area contributed by atoms with E-state index in [4.69, 9.17) is 17.3 Å². The second kappa shape index (κ2) is 5.65. The summed E-state index contributed by atoms with van der Waals surface area (Å²) in [5.41, 5.74) is 6.61. The number of nitrogens with two attached hydrogens (primary N) is 1. The van der Waals surface area contributed by atoms with Crippen LogP contribution in [-0.2, 0) is 0 Å². The van der Waals surface area contributed by atoms with Crippen molar-refractivity contribution in [2.45, 2.75) is 18.6 Å². The largest absolute Gasteiger partial charge is 0.398 e.